The summed E-state index contributed by atoms with van der Waals surface area (Å²) in [6.45, 7) is 11.3. The predicted octanol–water partition coefficient (Wildman–Crippen LogP) is 5.57. The van der Waals surface area contributed by atoms with E-state index in [1.165, 1.54) is 4.31 Å². The molecule has 2 amide bonds. The predicted molar refractivity (Wildman–Crippen MR) is 165 cm³/mol. The molecule has 0 aliphatic rings. The Hall–Kier alpha value is -3.65. The largest absolute Gasteiger partial charge is 0.352 e. The van der Waals surface area contributed by atoms with Crippen molar-refractivity contribution in [1.29, 1.82) is 0 Å². The second-order valence-electron chi connectivity index (χ2n) is 10.7. The lowest BCUT2D eigenvalue weighted by molar-refractivity contribution is -0.139. The molecule has 0 aromatic heterocycles. The van der Waals surface area contributed by atoms with Crippen LogP contribution in [0.3, 0.4) is 0 Å². The first kappa shape index (κ1) is 31.9. The number of nitrogens with zero attached hydrogens (tertiary/aromatic N) is 2. The van der Waals surface area contributed by atoms with E-state index < -0.39 is 28.5 Å². The molecule has 8 heteroatoms. The van der Waals surface area contributed by atoms with Crippen LogP contribution in [0.1, 0.15) is 55.9 Å². The molecule has 2 atom stereocenters. The van der Waals surface area contributed by atoms with Crippen LogP contribution in [0.4, 0.5) is 5.69 Å². The number of rotatable bonds is 13. The summed E-state index contributed by atoms with van der Waals surface area (Å²) < 4.78 is 29.3. The first-order valence-electron chi connectivity index (χ1n) is 14.3. The Balaban J connectivity index is 2.04. The molecule has 1 N–H and O–H groups in total. The van der Waals surface area contributed by atoms with Crippen LogP contribution < -0.4 is 9.62 Å². The van der Waals surface area contributed by atoms with Crippen LogP contribution in [-0.4, -0.2) is 50.3 Å². The zero-order chi connectivity index (χ0) is 30.2. The number of amides is 2. The maximum atomic E-state index is 14.2. The van der Waals surface area contributed by atoms with Crippen molar-refractivity contribution in [3.63, 3.8) is 0 Å². The van der Waals surface area contributed by atoms with Gasteiger partial charge in [0.2, 0.25) is 11.8 Å². The van der Waals surface area contributed by atoms with Crippen molar-refractivity contribution in [3.05, 3.63) is 95.1 Å². The highest BCUT2D eigenvalue weighted by Crippen LogP contribution is 2.27. The van der Waals surface area contributed by atoms with E-state index in [0.717, 1.165) is 28.7 Å². The second-order valence-corrected chi connectivity index (χ2v) is 12.6. The van der Waals surface area contributed by atoms with E-state index in [2.05, 4.69) is 5.32 Å². The number of carbonyl (C=O) groups excluding carboxylic acids is 2. The smallest absolute Gasteiger partial charge is 0.264 e. The molecule has 0 heterocycles. The fourth-order valence-electron chi connectivity index (χ4n) is 4.80. The summed E-state index contributed by atoms with van der Waals surface area (Å²) in [4.78, 5) is 29.2. The molecule has 0 radical (unpaired) electrons. The molecule has 220 valence electrons. The first-order chi connectivity index (χ1) is 19.5. The van der Waals surface area contributed by atoms with Gasteiger partial charge < -0.3 is 10.2 Å². The van der Waals surface area contributed by atoms with Gasteiger partial charge in [-0.2, -0.15) is 0 Å². The average molecular weight is 578 g/mol. The van der Waals surface area contributed by atoms with E-state index in [1.54, 1.807) is 41.3 Å². The number of anilines is 1. The van der Waals surface area contributed by atoms with Crippen molar-refractivity contribution in [2.75, 3.05) is 17.4 Å². The Kier molecular flexibility index (Phi) is 11.1. The number of aryl methyl sites for hydroxylation is 3. The van der Waals surface area contributed by atoms with Crippen molar-refractivity contribution in [2.24, 2.45) is 0 Å². The number of hydrogen-bond donors (Lipinski definition) is 1. The molecular weight excluding hydrogens is 534 g/mol. The third-order valence-corrected chi connectivity index (χ3v) is 9.04. The van der Waals surface area contributed by atoms with E-state index in [0.29, 0.717) is 18.5 Å². The van der Waals surface area contributed by atoms with Crippen molar-refractivity contribution in [1.82, 2.24) is 10.2 Å². The maximum absolute atomic E-state index is 14.2. The highest BCUT2D eigenvalue weighted by molar-refractivity contribution is 7.92. The molecule has 3 aromatic carbocycles. The summed E-state index contributed by atoms with van der Waals surface area (Å²) in [5.41, 5.74) is 4.15. The summed E-state index contributed by atoms with van der Waals surface area (Å²) in [6.07, 6.45) is 1.69. The van der Waals surface area contributed by atoms with Crippen LogP contribution in [0.5, 0.6) is 0 Å². The normalized spacial score (nSPS) is 12.8. The Morgan fingerprint density at radius 2 is 1.44 bits per heavy atom. The van der Waals surface area contributed by atoms with E-state index >= 15 is 0 Å². The quantitative estimate of drug-likeness (QED) is 0.288. The van der Waals surface area contributed by atoms with E-state index in [1.807, 2.05) is 77.9 Å². The van der Waals surface area contributed by atoms with Crippen LogP contribution in [0, 0.1) is 20.8 Å². The summed E-state index contributed by atoms with van der Waals surface area (Å²) in [5, 5.41) is 3.01. The fourth-order valence-corrected chi connectivity index (χ4v) is 6.20. The molecule has 3 rings (SSSR count). The van der Waals surface area contributed by atoms with Gasteiger partial charge in [-0.1, -0.05) is 67.9 Å². The third kappa shape index (κ3) is 8.43. The lowest BCUT2D eigenvalue weighted by Crippen LogP contribution is -2.54. The minimum Gasteiger partial charge on any atom is -0.352 e. The maximum Gasteiger partial charge on any atom is 0.264 e. The minimum atomic E-state index is -4.09. The fraction of sp³-hybridized carbons (Fsp3) is 0.394. The van der Waals surface area contributed by atoms with Gasteiger partial charge in [-0.05, 0) is 87.9 Å². The Morgan fingerprint density at radius 3 is 2.00 bits per heavy atom. The second kappa shape index (κ2) is 14.3. The van der Waals surface area contributed by atoms with Crippen LogP contribution in [0.25, 0.3) is 0 Å². The van der Waals surface area contributed by atoms with Crippen molar-refractivity contribution >= 4 is 27.5 Å². The molecule has 0 spiro atoms. The van der Waals surface area contributed by atoms with E-state index in [-0.39, 0.29) is 23.4 Å². The summed E-state index contributed by atoms with van der Waals surface area (Å²) >= 11 is 0. The van der Waals surface area contributed by atoms with Gasteiger partial charge in [0, 0.05) is 12.6 Å². The van der Waals surface area contributed by atoms with Crippen molar-refractivity contribution in [2.45, 2.75) is 77.8 Å². The lowest BCUT2D eigenvalue weighted by atomic mass is 10.1. The monoisotopic (exact) mass is 577 g/mol. The van der Waals surface area contributed by atoms with Crippen LogP contribution >= 0.6 is 0 Å². The molecule has 0 saturated heterocycles. The van der Waals surface area contributed by atoms with Crippen LogP contribution in [-0.2, 0) is 26.0 Å². The molecule has 7 nitrogen and oxygen atoms in total. The topological polar surface area (TPSA) is 86.8 Å². The molecule has 0 unspecified atom stereocenters. The van der Waals surface area contributed by atoms with Gasteiger partial charge in [0.05, 0.1) is 10.6 Å². The molecule has 3 aromatic rings. The Morgan fingerprint density at radius 1 is 0.829 bits per heavy atom. The zero-order valence-electron chi connectivity index (χ0n) is 25.1. The number of hydrogen-bond acceptors (Lipinski definition) is 4. The number of sulfonamides is 1. The summed E-state index contributed by atoms with van der Waals surface area (Å²) in [7, 11) is -4.09. The van der Waals surface area contributed by atoms with Crippen LogP contribution in [0.2, 0.25) is 0 Å². The standard InChI is InChI=1S/C33H43N3O4S/c1-7-27(6)34-33(38)31(8-2)35(19-18-28-12-10-9-11-13-28)32(37)23-36(29-21-25(4)20-26(5)22-29)41(39,40)30-16-14-24(3)15-17-30/h9-17,20-22,27,31H,7-8,18-19,23H2,1-6H3,(H,34,38)/t27-,31-/m0/s1. The minimum absolute atomic E-state index is 0.0451. The van der Waals surface area contributed by atoms with Crippen molar-refractivity contribution < 1.29 is 18.0 Å². The molecular formula is C33H43N3O4S. The number of carbonyl (C=O) groups is 2. The first-order valence-corrected chi connectivity index (χ1v) is 15.7. The Labute approximate surface area is 245 Å². The molecule has 41 heavy (non-hydrogen) atoms. The van der Waals surface area contributed by atoms with Crippen molar-refractivity contribution in [3.8, 4) is 0 Å². The van der Waals surface area contributed by atoms with Gasteiger partial charge in [-0.15, -0.1) is 0 Å². The summed E-state index contributed by atoms with van der Waals surface area (Å²) in [5.74, 6) is -0.662. The average Bonchev–Trinajstić information content (AvgIpc) is 2.93. The molecule has 0 aliphatic carbocycles. The van der Waals surface area contributed by atoms with E-state index in [4.69, 9.17) is 0 Å². The molecule has 0 aliphatic heterocycles. The summed E-state index contributed by atoms with van der Waals surface area (Å²) in [6, 6.07) is 21.1. The van der Waals surface area contributed by atoms with Gasteiger partial charge >= 0.3 is 0 Å². The number of nitrogens with one attached hydrogen (secondary N) is 1. The molecule has 0 bridgehead atoms. The van der Waals surface area contributed by atoms with Gasteiger partial charge in [0.1, 0.15) is 12.6 Å². The number of benzene rings is 3. The molecule has 0 saturated carbocycles. The van der Waals surface area contributed by atoms with Gasteiger partial charge in [-0.3, -0.25) is 13.9 Å². The molecule has 0 fully saturated rings. The van der Waals surface area contributed by atoms with Crippen LogP contribution in [0.15, 0.2) is 77.7 Å². The highest BCUT2D eigenvalue weighted by atomic mass is 32.2. The SMILES string of the molecule is CC[C@H](C)NC(=O)[C@H](CC)N(CCc1ccccc1)C(=O)CN(c1cc(C)cc(C)c1)S(=O)(=O)c1ccc(C)cc1. The van der Waals surface area contributed by atoms with Gasteiger partial charge in [-0.25, -0.2) is 8.42 Å². The lowest BCUT2D eigenvalue weighted by Gasteiger charge is -2.34. The van der Waals surface area contributed by atoms with E-state index in [9.17, 15) is 18.0 Å². The third-order valence-electron chi connectivity index (χ3n) is 7.25. The van der Waals surface area contributed by atoms with Gasteiger partial charge in [0.15, 0.2) is 0 Å². The Bertz CT molecular complexity index is 1400. The van der Waals surface area contributed by atoms with Gasteiger partial charge in [0.25, 0.3) is 10.0 Å². The highest BCUT2D eigenvalue weighted by Gasteiger charge is 2.33. The zero-order valence-corrected chi connectivity index (χ0v) is 25.9.